The third-order valence-corrected chi connectivity index (χ3v) is 4.15. The minimum atomic E-state index is -0.948. The van der Waals surface area contributed by atoms with E-state index in [-0.39, 0.29) is 23.5 Å². The molecule has 2 N–H and O–H groups in total. The number of carbonyl (C=O) groups is 2. The van der Waals surface area contributed by atoms with Crippen LogP contribution in [-0.4, -0.2) is 22.5 Å². The van der Waals surface area contributed by atoms with Crippen LogP contribution in [0, 0.1) is 5.82 Å². The molecule has 1 aliphatic carbocycles. The highest BCUT2D eigenvalue weighted by atomic mass is 19.1. The fourth-order valence-electron chi connectivity index (χ4n) is 2.81. The van der Waals surface area contributed by atoms with Gasteiger partial charge in [0.2, 0.25) is 0 Å². The first kappa shape index (κ1) is 15.3. The summed E-state index contributed by atoms with van der Waals surface area (Å²) in [6.45, 7) is 0. The predicted octanol–water partition coefficient (Wildman–Crippen LogP) is 3.21. The van der Waals surface area contributed by atoms with E-state index in [0.717, 1.165) is 6.42 Å². The number of carbonyl (C=O) groups excluding carboxylic acids is 1. The molecule has 0 radical (unpaired) electrons. The summed E-state index contributed by atoms with van der Waals surface area (Å²) in [5.74, 6) is -1.56. The smallest absolute Gasteiger partial charge is 0.305 e. The van der Waals surface area contributed by atoms with Gasteiger partial charge in [0.25, 0.3) is 5.91 Å². The van der Waals surface area contributed by atoms with Crippen molar-refractivity contribution in [2.45, 2.75) is 31.2 Å². The topological polar surface area (TPSA) is 79.5 Å². The first-order chi connectivity index (χ1) is 11.0. The Kier molecular flexibility index (Phi) is 3.90. The highest BCUT2D eigenvalue weighted by molar-refractivity contribution is 5.93. The fourth-order valence-corrected chi connectivity index (χ4v) is 2.81. The van der Waals surface area contributed by atoms with Crippen LogP contribution in [0.3, 0.4) is 0 Å². The normalized spacial score (nSPS) is 15.7. The van der Waals surface area contributed by atoms with Crippen molar-refractivity contribution in [2.75, 3.05) is 0 Å². The van der Waals surface area contributed by atoms with Gasteiger partial charge in [0.05, 0.1) is 17.5 Å². The number of amides is 1. The maximum Gasteiger partial charge on any atom is 0.305 e. The van der Waals surface area contributed by atoms with E-state index >= 15 is 0 Å². The number of aliphatic carboxylic acids is 1. The molecule has 1 aliphatic rings. The Labute approximate surface area is 132 Å². The van der Waals surface area contributed by atoms with Gasteiger partial charge in [0.1, 0.15) is 11.6 Å². The molecule has 1 saturated carbocycles. The first-order valence-corrected chi connectivity index (χ1v) is 7.38. The summed E-state index contributed by atoms with van der Waals surface area (Å²) in [5, 5.41) is 11.7. The van der Waals surface area contributed by atoms with Gasteiger partial charge in [0, 0.05) is 0 Å². The van der Waals surface area contributed by atoms with E-state index in [1.54, 1.807) is 18.2 Å². The van der Waals surface area contributed by atoms with Crippen LogP contribution < -0.4 is 5.32 Å². The van der Waals surface area contributed by atoms with Gasteiger partial charge in [0.15, 0.2) is 5.76 Å². The number of nitrogens with one attached hydrogen (secondary N) is 1. The average molecular weight is 317 g/mol. The number of benzene rings is 1. The molecule has 3 rings (SSSR count). The minimum absolute atomic E-state index is 0.0416. The lowest BCUT2D eigenvalue weighted by atomic mass is 9.74. The third kappa shape index (κ3) is 3.11. The van der Waals surface area contributed by atoms with Gasteiger partial charge in [-0.15, -0.1) is 0 Å². The van der Waals surface area contributed by atoms with Crippen LogP contribution in [0.5, 0.6) is 0 Å². The summed E-state index contributed by atoms with van der Waals surface area (Å²) >= 11 is 0. The molecule has 1 heterocycles. The Morgan fingerprint density at radius 2 is 1.96 bits per heavy atom. The van der Waals surface area contributed by atoms with Crippen molar-refractivity contribution in [1.82, 2.24) is 5.32 Å². The summed E-state index contributed by atoms with van der Waals surface area (Å²) in [6, 6.07) is 9.11. The molecule has 0 bridgehead atoms. The quantitative estimate of drug-likeness (QED) is 0.887. The molecule has 6 heteroatoms. The summed E-state index contributed by atoms with van der Waals surface area (Å²) in [5.41, 5.74) is -0.427. The summed E-state index contributed by atoms with van der Waals surface area (Å²) < 4.78 is 19.2. The molecule has 0 aliphatic heterocycles. The van der Waals surface area contributed by atoms with Crippen LogP contribution in [0.15, 0.2) is 40.8 Å². The van der Waals surface area contributed by atoms with E-state index < -0.39 is 23.2 Å². The van der Waals surface area contributed by atoms with E-state index in [4.69, 9.17) is 9.52 Å². The van der Waals surface area contributed by atoms with Crippen molar-refractivity contribution in [3.63, 3.8) is 0 Å². The molecule has 2 aromatic rings. The number of hydrogen-bond donors (Lipinski definition) is 2. The van der Waals surface area contributed by atoms with Gasteiger partial charge in [-0.05, 0) is 43.5 Å². The van der Waals surface area contributed by atoms with E-state index in [0.29, 0.717) is 12.8 Å². The van der Waals surface area contributed by atoms with Crippen LogP contribution in [-0.2, 0) is 4.79 Å². The second-order valence-electron chi connectivity index (χ2n) is 5.80. The van der Waals surface area contributed by atoms with Crippen LogP contribution in [0.1, 0.15) is 36.2 Å². The molecule has 1 amide bonds. The van der Waals surface area contributed by atoms with Crippen LogP contribution in [0.2, 0.25) is 0 Å². The molecule has 120 valence electrons. The van der Waals surface area contributed by atoms with Crippen molar-refractivity contribution in [3.05, 3.63) is 48.0 Å². The zero-order chi connectivity index (χ0) is 16.4. The van der Waals surface area contributed by atoms with Crippen molar-refractivity contribution in [2.24, 2.45) is 0 Å². The lowest BCUT2D eigenvalue weighted by molar-refractivity contribution is -0.139. The number of rotatable bonds is 5. The van der Waals surface area contributed by atoms with E-state index in [1.165, 1.54) is 18.2 Å². The van der Waals surface area contributed by atoms with E-state index in [2.05, 4.69) is 5.32 Å². The molecule has 5 nitrogen and oxygen atoms in total. The molecule has 1 fully saturated rings. The number of furan rings is 1. The lowest BCUT2D eigenvalue weighted by Gasteiger charge is -2.41. The van der Waals surface area contributed by atoms with Crippen molar-refractivity contribution in [1.29, 1.82) is 0 Å². The Balaban J connectivity index is 1.76. The fraction of sp³-hybridized carbons (Fsp3) is 0.294. The number of carboxylic acids is 1. The molecule has 0 atom stereocenters. The molecule has 1 aromatic carbocycles. The molecule has 1 aromatic heterocycles. The van der Waals surface area contributed by atoms with Gasteiger partial charge in [-0.25, -0.2) is 4.39 Å². The Bertz CT molecular complexity index is 749. The van der Waals surface area contributed by atoms with Gasteiger partial charge in [-0.2, -0.15) is 0 Å². The van der Waals surface area contributed by atoms with Crippen molar-refractivity contribution < 1.29 is 23.5 Å². The molecule has 0 saturated heterocycles. The maximum absolute atomic E-state index is 13.7. The van der Waals surface area contributed by atoms with E-state index in [1.807, 2.05) is 0 Å². The third-order valence-electron chi connectivity index (χ3n) is 4.15. The standard InChI is InChI=1S/C17H16FNO4/c18-12-5-2-1-4-11(12)13-6-7-14(23-13)16(22)19-17(8-3-9-17)10-15(20)21/h1-2,4-7H,3,8-10H2,(H,19,22)(H,20,21). The Morgan fingerprint density at radius 3 is 2.57 bits per heavy atom. The maximum atomic E-state index is 13.7. The molecule has 0 unspecified atom stereocenters. The summed E-state index contributed by atoms with van der Waals surface area (Å²) in [4.78, 5) is 23.2. The minimum Gasteiger partial charge on any atom is -0.481 e. The average Bonchev–Trinajstić information content (AvgIpc) is 2.94. The largest absolute Gasteiger partial charge is 0.481 e. The highest BCUT2D eigenvalue weighted by Crippen LogP contribution is 2.35. The highest BCUT2D eigenvalue weighted by Gasteiger charge is 2.40. The Hall–Kier alpha value is -2.63. The number of hydrogen-bond acceptors (Lipinski definition) is 3. The van der Waals surface area contributed by atoms with Crippen molar-refractivity contribution in [3.8, 4) is 11.3 Å². The van der Waals surface area contributed by atoms with Gasteiger partial charge in [-0.1, -0.05) is 12.1 Å². The zero-order valence-electron chi connectivity index (χ0n) is 12.3. The SMILES string of the molecule is O=C(O)CC1(NC(=O)c2ccc(-c3ccccc3F)o2)CCC1. The molecular weight excluding hydrogens is 301 g/mol. The predicted molar refractivity (Wildman–Crippen MR) is 80.4 cm³/mol. The zero-order valence-corrected chi connectivity index (χ0v) is 12.3. The summed E-state index contributed by atoms with van der Waals surface area (Å²) in [7, 11) is 0. The summed E-state index contributed by atoms with van der Waals surface area (Å²) in [6.07, 6.45) is 2.03. The van der Waals surface area contributed by atoms with Crippen molar-refractivity contribution >= 4 is 11.9 Å². The first-order valence-electron chi connectivity index (χ1n) is 7.38. The number of halogens is 1. The van der Waals surface area contributed by atoms with Crippen LogP contribution in [0.4, 0.5) is 4.39 Å². The molecule has 23 heavy (non-hydrogen) atoms. The second kappa shape index (κ2) is 5.87. The van der Waals surface area contributed by atoms with E-state index in [9.17, 15) is 14.0 Å². The van der Waals surface area contributed by atoms with Gasteiger partial charge in [-0.3, -0.25) is 9.59 Å². The monoisotopic (exact) mass is 317 g/mol. The lowest BCUT2D eigenvalue weighted by Crippen LogP contribution is -2.54. The molecular formula is C17H16FNO4. The van der Waals surface area contributed by atoms with Gasteiger partial charge >= 0.3 is 5.97 Å². The number of carboxylic acid groups (broad SMARTS) is 1. The Morgan fingerprint density at radius 1 is 1.22 bits per heavy atom. The van der Waals surface area contributed by atoms with Crippen LogP contribution in [0.25, 0.3) is 11.3 Å². The molecule has 0 spiro atoms. The van der Waals surface area contributed by atoms with Crippen LogP contribution >= 0.6 is 0 Å². The second-order valence-corrected chi connectivity index (χ2v) is 5.80. The van der Waals surface area contributed by atoms with Gasteiger partial charge < -0.3 is 14.8 Å².